The van der Waals surface area contributed by atoms with Crippen molar-refractivity contribution in [1.82, 2.24) is 0 Å². The Kier molecular flexibility index (Phi) is 3.22. The molecule has 1 aliphatic rings. The van der Waals surface area contributed by atoms with Crippen molar-refractivity contribution in [2.24, 2.45) is 5.73 Å². The van der Waals surface area contributed by atoms with E-state index in [1.807, 2.05) is 0 Å². The third kappa shape index (κ3) is 2.22. The number of nitro groups is 2. The van der Waals surface area contributed by atoms with Gasteiger partial charge in [-0.2, -0.15) is 5.26 Å². The molecule has 0 radical (unpaired) electrons. The SMILES string of the molecule is N#CC1=C(N)Oc2ccc([N+](=O)[O-])cc2C1C[N+](=O)[O-]. The van der Waals surface area contributed by atoms with Gasteiger partial charge < -0.3 is 10.5 Å². The number of nitriles is 1. The maximum Gasteiger partial charge on any atom is 0.270 e. The summed E-state index contributed by atoms with van der Waals surface area (Å²) in [5, 5.41) is 30.5. The quantitative estimate of drug-likeness (QED) is 0.640. The summed E-state index contributed by atoms with van der Waals surface area (Å²) < 4.78 is 5.17. The van der Waals surface area contributed by atoms with E-state index in [2.05, 4.69) is 0 Å². The first-order chi connectivity index (χ1) is 9.43. The van der Waals surface area contributed by atoms with Crippen LogP contribution in [0.1, 0.15) is 11.5 Å². The predicted octanol–water partition coefficient (Wildman–Crippen LogP) is 1.04. The zero-order chi connectivity index (χ0) is 14.9. The molecular formula is C11H8N4O5. The molecule has 0 saturated carbocycles. The van der Waals surface area contributed by atoms with E-state index < -0.39 is 22.3 Å². The second kappa shape index (κ2) is 4.85. The monoisotopic (exact) mass is 276 g/mol. The van der Waals surface area contributed by atoms with Crippen LogP contribution in [0.5, 0.6) is 5.75 Å². The maximum atomic E-state index is 10.8. The molecule has 9 heteroatoms. The Bertz CT molecular complexity index is 676. The van der Waals surface area contributed by atoms with Gasteiger partial charge in [0.2, 0.25) is 12.4 Å². The lowest BCUT2D eigenvalue weighted by Crippen LogP contribution is -2.24. The summed E-state index contributed by atoms with van der Waals surface area (Å²) in [6, 6.07) is 5.42. The van der Waals surface area contributed by atoms with Gasteiger partial charge in [0.15, 0.2) is 0 Å². The molecule has 1 unspecified atom stereocenters. The molecule has 0 aliphatic carbocycles. The highest BCUT2D eigenvalue weighted by atomic mass is 16.6. The molecule has 1 aromatic rings. The van der Waals surface area contributed by atoms with E-state index in [0.29, 0.717) is 0 Å². The topological polar surface area (TPSA) is 145 Å². The van der Waals surface area contributed by atoms with Crippen LogP contribution in [0.2, 0.25) is 0 Å². The molecule has 0 amide bonds. The van der Waals surface area contributed by atoms with Crippen molar-refractivity contribution in [3.8, 4) is 11.8 Å². The van der Waals surface area contributed by atoms with Crippen molar-refractivity contribution in [3.05, 3.63) is 55.4 Å². The minimum Gasteiger partial charge on any atom is -0.440 e. The van der Waals surface area contributed by atoms with Crippen LogP contribution in [-0.2, 0) is 0 Å². The fourth-order valence-electron chi connectivity index (χ4n) is 1.99. The van der Waals surface area contributed by atoms with Gasteiger partial charge in [-0.15, -0.1) is 0 Å². The third-order valence-electron chi connectivity index (χ3n) is 2.87. The Morgan fingerprint density at radius 3 is 2.65 bits per heavy atom. The van der Waals surface area contributed by atoms with Crippen LogP contribution in [-0.4, -0.2) is 16.4 Å². The molecule has 102 valence electrons. The number of non-ortho nitro benzene ring substituents is 1. The lowest BCUT2D eigenvalue weighted by Gasteiger charge is -2.23. The van der Waals surface area contributed by atoms with Crippen LogP contribution < -0.4 is 10.5 Å². The highest BCUT2D eigenvalue weighted by molar-refractivity contribution is 5.53. The average molecular weight is 276 g/mol. The van der Waals surface area contributed by atoms with Crippen molar-refractivity contribution in [2.45, 2.75) is 5.92 Å². The van der Waals surface area contributed by atoms with E-state index >= 15 is 0 Å². The second-order valence-corrected chi connectivity index (χ2v) is 4.04. The van der Waals surface area contributed by atoms with Gasteiger partial charge in [-0.05, 0) is 6.07 Å². The minimum absolute atomic E-state index is 0.102. The number of nitro benzene ring substituents is 1. The van der Waals surface area contributed by atoms with Crippen LogP contribution in [0.15, 0.2) is 29.7 Å². The van der Waals surface area contributed by atoms with Crippen LogP contribution in [0.25, 0.3) is 0 Å². The second-order valence-electron chi connectivity index (χ2n) is 4.04. The van der Waals surface area contributed by atoms with E-state index in [4.69, 9.17) is 15.7 Å². The smallest absolute Gasteiger partial charge is 0.270 e. The van der Waals surface area contributed by atoms with Gasteiger partial charge >= 0.3 is 0 Å². The molecule has 0 fully saturated rings. The van der Waals surface area contributed by atoms with Gasteiger partial charge in [0.25, 0.3) is 5.69 Å². The first kappa shape index (κ1) is 13.3. The molecule has 2 N–H and O–H groups in total. The predicted molar refractivity (Wildman–Crippen MR) is 65.2 cm³/mol. The minimum atomic E-state index is -0.960. The van der Waals surface area contributed by atoms with Gasteiger partial charge in [0.1, 0.15) is 17.4 Å². The van der Waals surface area contributed by atoms with Crippen molar-refractivity contribution in [1.29, 1.82) is 5.26 Å². The lowest BCUT2D eigenvalue weighted by molar-refractivity contribution is -0.482. The molecule has 1 atom stereocenters. The molecule has 1 aliphatic heterocycles. The fourth-order valence-corrected chi connectivity index (χ4v) is 1.99. The molecule has 0 spiro atoms. The van der Waals surface area contributed by atoms with E-state index in [9.17, 15) is 20.2 Å². The number of nitrogens with two attached hydrogens (primary N) is 1. The molecule has 1 aromatic carbocycles. The standard InChI is InChI=1S/C11H8N4O5/c12-4-8-9(5-14(16)17)7-3-6(15(18)19)1-2-10(7)20-11(8)13/h1-3,9H,5,13H2. The summed E-state index contributed by atoms with van der Waals surface area (Å²) in [4.78, 5) is 20.2. The first-order valence-electron chi connectivity index (χ1n) is 5.41. The van der Waals surface area contributed by atoms with E-state index in [0.717, 1.165) is 6.07 Å². The molecule has 0 saturated heterocycles. The summed E-state index contributed by atoms with van der Waals surface area (Å²) in [6.45, 7) is -0.596. The Balaban J connectivity index is 2.58. The number of fused-ring (bicyclic) bond motifs is 1. The summed E-state index contributed by atoms with van der Waals surface area (Å²) in [5.41, 5.74) is 5.42. The number of hydrogen-bond acceptors (Lipinski definition) is 7. The van der Waals surface area contributed by atoms with E-state index in [1.165, 1.54) is 12.1 Å². The van der Waals surface area contributed by atoms with Crippen molar-refractivity contribution in [2.75, 3.05) is 6.54 Å². The third-order valence-corrected chi connectivity index (χ3v) is 2.87. The lowest BCUT2D eigenvalue weighted by atomic mass is 9.89. The van der Waals surface area contributed by atoms with Gasteiger partial charge in [0.05, 0.1) is 10.8 Å². The number of nitrogens with zero attached hydrogens (tertiary/aromatic N) is 3. The largest absolute Gasteiger partial charge is 0.440 e. The van der Waals surface area contributed by atoms with Crippen LogP contribution in [0.4, 0.5) is 5.69 Å². The van der Waals surface area contributed by atoms with E-state index in [1.54, 1.807) is 6.07 Å². The molecule has 1 heterocycles. The Morgan fingerprint density at radius 1 is 1.40 bits per heavy atom. The molecule has 0 aromatic heterocycles. The zero-order valence-corrected chi connectivity index (χ0v) is 9.98. The Labute approximate surface area is 112 Å². The molecule has 0 bridgehead atoms. The normalized spacial score (nSPS) is 16.9. The van der Waals surface area contributed by atoms with Crippen molar-refractivity contribution < 1.29 is 14.6 Å². The van der Waals surface area contributed by atoms with Gasteiger partial charge in [0, 0.05) is 22.6 Å². The molecular weight excluding hydrogens is 268 g/mol. The zero-order valence-electron chi connectivity index (χ0n) is 9.98. The average Bonchev–Trinajstić information content (AvgIpc) is 2.37. The Morgan fingerprint density at radius 2 is 2.10 bits per heavy atom. The van der Waals surface area contributed by atoms with E-state index in [-0.39, 0.29) is 28.5 Å². The van der Waals surface area contributed by atoms with Crippen LogP contribution in [0.3, 0.4) is 0 Å². The van der Waals surface area contributed by atoms with Crippen molar-refractivity contribution >= 4 is 5.69 Å². The molecule has 2 rings (SSSR count). The number of hydrogen-bond donors (Lipinski definition) is 1. The highest BCUT2D eigenvalue weighted by Crippen LogP contribution is 2.39. The number of rotatable bonds is 3. The number of benzene rings is 1. The summed E-state index contributed by atoms with van der Waals surface area (Å²) in [7, 11) is 0. The van der Waals surface area contributed by atoms with Crippen molar-refractivity contribution in [3.63, 3.8) is 0 Å². The van der Waals surface area contributed by atoms with Gasteiger partial charge in [-0.25, -0.2) is 0 Å². The van der Waals surface area contributed by atoms with Crippen LogP contribution in [0, 0.1) is 31.6 Å². The maximum absolute atomic E-state index is 10.8. The first-order valence-corrected chi connectivity index (χ1v) is 5.41. The molecule has 9 nitrogen and oxygen atoms in total. The number of ether oxygens (including phenoxy) is 1. The summed E-state index contributed by atoms with van der Waals surface area (Å²) in [5.74, 6) is -1.00. The fraction of sp³-hybridized carbons (Fsp3) is 0.182. The summed E-state index contributed by atoms with van der Waals surface area (Å²) >= 11 is 0. The summed E-state index contributed by atoms with van der Waals surface area (Å²) in [6.07, 6.45) is 0. The van der Waals surface area contributed by atoms with Gasteiger partial charge in [-0.3, -0.25) is 20.2 Å². The van der Waals surface area contributed by atoms with Gasteiger partial charge in [-0.1, -0.05) is 0 Å². The Hall–Kier alpha value is -3.15. The molecule has 20 heavy (non-hydrogen) atoms. The van der Waals surface area contributed by atoms with Crippen LogP contribution >= 0.6 is 0 Å². The highest BCUT2D eigenvalue weighted by Gasteiger charge is 2.34.